The Labute approximate surface area is 95.8 Å². The Morgan fingerprint density at radius 1 is 1.33 bits per heavy atom. The maximum Gasteiger partial charge on any atom is 0.226 e. The lowest BCUT2D eigenvalue weighted by Crippen LogP contribution is -2.43. The molecular weight excluding hydrogens is 208 g/mol. The maximum atomic E-state index is 12.2. The summed E-state index contributed by atoms with van der Waals surface area (Å²) in [6.07, 6.45) is 3.39. The van der Waals surface area contributed by atoms with E-state index in [1.165, 1.54) is 6.42 Å². The average Bonchev–Trinajstić information content (AvgIpc) is 2.77. The fourth-order valence-electron chi connectivity index (χ4n) is 2.66. The molecule has 2 fully saturated rings. The molecule has 2 N–H and O–H groups in total. The van der Waals surface area contributed by atoms with Crippen LogP contribution in [-0.4, -0.2) is 41.9 Å². The van der Waals surface area contributed by atoms with E-state index >= 15 is 0 Å². The van der Waals surface area contributed by atoms with Crippen LogP contribution in [0.1, 0.15) is 19.3 Å². The number of amides is 1. The molecular formula is C11H20N2OS. The quantitative estimate of drug-likeness (QED) is 0.765. The van der Waals surface area contributed by atoms with E-state index in [0.717, 1.165) is 37.4 Å². The molecule has 1 saturated carbocycles. The molecule has 2 atom stereocenters. The van der Waals surface area contributed by atoms with E-state index in [9.17, 15) is 4.79 Å². The lowest BCUT2D eigenvalue weighted by atomic mass is 9.95. The Morgan fingerprint density at radius 3 is 2.73 bits per heavy atom. The van der Waals surface area contributed by atoms with E-state index < -0.39 is 0 Å². The molecule has 0 aromatic carbocycles. The molecule has 1 aliphatic carbocycles. The second-order valence-corrected chi connectivity index (χ2v) is 5.70. The van der Waals surface area contributed by atoms with Crippen molar-refractivity contribution in [2.24, 2.45) is 17.6 Å². The van der Waals surface area contributed by atoms with E-state index in [4.69, 9.17) is 5.73 Å². The van der Waals surface area contributed by atoms with Crippen molar-refractivity contribution in [1.82, 2.24) is 4.90 Å². The molecule has 0 bridgehead atoms. The van der Waals surface area contributed by atoms with Gasteiger partial charge < -0.3 is 10.6 Å². The summed E-state index contributed by atoms with van der Waals surface area (Å²) < 4.78 is 0. The predicted molar refractivity (Wildman–Crippen MR) is 63.8 cm³/mol. The largest absolute Gasteiger partial charge is 0.341 e. The lowest BCUT2D eigenvalue weighted by molar-refractivity contribution is -0.136. The fourth-order valence-corrected chi connectivity index (χ4v) is 3.57. The second-order valence-electron chi connectivity index (χ2n) is 4.47. The highest BCUT2D eigenvalue weighted by Crippen LogP contribution is 2.32. The summed E-state index contributed by atoms with van der Waals surface area (Å²) in [6.45, 7) is 2.56. The van der Waals surface area contributed by atoms with Gasteiger partial charge in [-0.15, -0.1) is 0 Å². The molecule has 1 heterocycles. The first-order chi connectivity index (χ1) is 7.33. The number of carbonyl (C=O) groups excluding carboxylic acids is 1. The highest BCUT2D eigenvalue weighted by atomic mass is 32.2. The molecule has 1 aliphatic heterocycles. The van der Waals surface area contributed by atoms with Crippen molar-refractivity contribution < 1.29 is 4.79 Å². The van der Waals surface area contributed by atoms with Crippen LogP contribution in [0.5, 0.6) is 0 Å². The van der Waals surface area contributed by atoms with Gasteiger partial charge in [-0.25, -0.2) is 0 Å². The molecule has 0 radical (unpaired) electrons. The summed E-state index contributed by atoms with van der Waals surface area (Å²) >= 11 is 1.95. The van der Waals surface area contributed by atoms with Gasteiger partial charge in [0, 0.05) is 30.5 Å². The number of nitrogens with two attached hydrogens (primary N) is 1. The Hall–Kier alpha value is -0.220. The van der Waals surface area contributed by atoms with Crippen molar-refractivity contribution in [3.8, 4) is 0 Å². The van der Waals surface area contributed by atoms with E-state index in [1.807, 2.05) is 11.8 Å². The van der Waals surface area contributed by atoms with E-state index in [2.05, 4.69) is 4.90 Å². The van der Waals surface area contributed by atoms with Gasteiger partial charge in [0.1, 0.15) is 0 Å². The van der Waals surface area contributed by atoms with Gasteiger partial charge in [-0.05, 0) is 25.3 Å². The van der Waals surface area contributed by atoms with Gasteiger partial charge in [0.25, 0.3) is 0 Å². The number of carbonyl (C=O) groups is 1. The van der Waals surface area contributed by atoms with Crippen LogP contribution in [0.25, 0.3) is 0 Å². The first kappa shape index (κ1) is 11.3. The number of rotatable bonds is 2. The third-order valence-electron chi connectivity index (χ3n) is 3.60. The summed E-state index contributed by atoms with van der Waals surface area (Å²) in [4.78, 5) is 14.3. The Bertz CT molecular complexity index is 229. The topological polar surface area (TPSA) is 46.3 Å². The Balaban J connectivity index is 1.93. The van der Waals surface area contributed by atoms with E-state index in [-0.39, 0.29) is 5.92 Å². The standard InChI is InChI=1S/C11H20N2OS/c12-8-9-2-1-3-10(9)11(14)13-4-6-15-7-5-13/h9-10H,1-8,12H2/t9-,10-/m1/s1. The Kier molecular flexibility index (Phi) is 3.92. The zero-order valence-corrected chi connectivity index (χ0v) is 9.97. The van der Waals surface area contributed by atoms with Crippen LogP contribution < -0.4 is 5.73 Å². The predicted octanol–water partition coefficient (Wildman–Crippen LogP) is 0.937. The number of hydrogen-bond acceptors (Lipinski definition) is 3. The molecule has 0 aromatic heterocycles. The van der Waals surface area contributed by atoms with Crippen molar-refractivity contribution in [3.63, 3.8) is 0 Å². The summed E-state index contributed by atoms with van der Waals surface area (Å²) in [7, 11) is 0. The van der Waals surface area contributed by atoms with Crippen molar-refractivity contribution in [2.45, 2.75) is 19.3 Å². The zero-order valence-electron chi connectivity index (χ0n) is 9.15. The molecule has 2 rings (SSSR count). The molecule has 15 heavy (non-hydrogen) atoms. The molecule has 0 unspecified atom stereocenters. The van der Waals surface area contributed by atoms with Crippen LogP contribution in [0.3, 0.4) is 0 Å². The summed E-state index contributed by atoms with van der Waals surface area (Å²) in [5.74, 6) is 3.27. The van der Waals surface area contributed by atoms with Gasteiger partial charge in [-0.3, -0.25) is 4.79 Å². The minimum Gasteiger partial charge on any atom is -0.341 e. The maximum absolute atomic E-state index is 12.2. The molecule has 3 nitrogen and oxygen atoms in total. The number of nitrogens with zero attached hydrogens (tertiary/aromatic N) is 1. The van der Waals surface area contributed by atoms with Gasteiger partial charge in [0.15, 0.2) is 0 Å². The van der Waals surface area contributed by atoms with Crippen LogP contribution in [0.4, 0.5) is 0 Å². The first-order valence-electron chi connectivity index (χ1n) is 5.89. The zero-order chi connectivity index (χ0) is 10.7. The normalized spacial score (nSPS) is 31.9. The van der Waals surface area contributed by atoms with Gasteiger partial charge in [-0.1, -0.05) is 6.42 Å². The molecule has 0 aromatic rings. The van der Waals surface area contributed by atoms with Crippen LogP contribution in [0.2, 0.25) is 0 Å². The smallest absolute Gasteiger partial charge is 0.226 e. The van der Waals surface area contributed by atoms with Gasteiger partial charge in [0.05, 0.1) is 0 Å². The minimum absolute atomic E-state index is 0.234. The number of hydrogen-bond donors (Lipinski definition) is 1. The van der Waals surface area contributed by atoms with Crippen LogP contribution in [-0.2, 0) is 4.79 Å². The third kappa shape index (κ3) is 2.48. The molecule has 1 amide bonds. The Morgan fingerprint density at radius 2 is 2.07 bits per heavy atom. The molecule has 4 heteroatoms. The van der Waals surface area contributed by atoms with Crippen LogP contribution in [0, 0.1) is 11.8 Å². The molecule has 1 saturated heterocycles. The van der Waals surface area contributed by atoms with Crippen molar-refractivity contribution >= 4 is 17.7 Å². The summed E-state index contributed by atoms with van der Waals surface area (Å²) in [5.41, 5.74) is 5.72. The second kappa shape index (κ2) is 5.21. The lowest BCUT2D eigenvalue weighted by Gasteiger charge is -2.30. The minimum atomic E-state index is 0.234. The SMILES string of the molecule is NC[C@H]1CCC[C@H]1C(=O)N1CCSCC1. The van der Waals surface area contributed by atoms with Gasteiger partial charge >= 0.3 is 0 Å². The molecule has 2 aliphatic rings. The summed E-state index contributed by atoms with van der Waals surface area (Å²) in [6, 6.07) is 0. The monoisotopic (exact) mass is 228 g/mol. The highest BCUT2D eigenvalue weighted by molar-refractivity contribution is 7.99. The number of thioether (sulfide) groups is 1. The van der Waals surface area contributed by atoms with Crippen LogP contribution in [0.15, 0.2) is 0 Å². The molecule has 86 valence electrons. The fraction of sp³-hybridized carbons (Fsp3) is 0.909. The first-order valence-corrected chi connectivity index (χ1v) is 7.05. The van der Waals surface area contributed by atoms with Gasteiger partial charge in [-0.2, -0.15) is 11.8 Å². The van der Waals surface area contributed by atoms with E-state index in [1.54, 1.807) is 0 Å². The van der Waals surface area contributed by atoms with Crippen molar-refractivity contribution in [2.75, 3.05) is 31.1 Å². The third-order valence-corrected chi connectivity index (χ3v) is 4.54. The van der Waals surface area contributed by atoms with Crippen LogP contribution >= 0.6 is 11.8 Å². The average molecular weight is 228 g/mol. The van der Waals surface area contributed by atoms with Gasteiger partial charge in [0.2, 0.25) is 5.91 Å². The van der Waals surface area contributed by atoms with Crippen molar-refractivity contribution in [1.29, 1.82) is 0 Å². The molecule has 0 spiro atoms. The van der Waals surface area contributed by atoms with Crippen molar-refractivity contribution in [3.05, 3.63) is 0 Å². The van der Waals surface area contributed by atoms with E-state index in [0.29, 0.717) is 18.4 Å². The summed E-state index contributed by atoms with van der Waals surface area (Å²) in [5, 5.41) is 0. The highest BCUT2D eigenvalue weighted by Gasteiger charge is 2.34.